The van der Waals surface area contributed by atoms with Crippen LogP contribution >= 0.6 is 0 Å². The molecule has 0 radical (unpaired) electrons. The maximum absolute atomic E-state index is 9.52. The van der Waals surface area contributed by atoms with Gasteiger partial charge in [0.25, 0.3) is 0 Å². The van der Waals surface area contributed by atoms with E-state index in [1.807, 2.05) is 13.1 Å². The molecule has 1 N–H and O–H groups in total. The van der Waals surface area contributed by atoms with Crippen molar-refractivity contribution < 1.29 is 5.11 Å². The lowest BCUT2D eigenvalue weighted by atomic mass is 10.1. The van der Waals surface area contributed by atoms with Gasteiger partial charge in [0, 0.05) is 32.2 Å². The van der Waals surface area contributed by atoms with Crippen molar-refractivity contribution in [2.24, 2.45) is 0 Å². The fraction of sp³-hybridized carbons (Fsp3) is 0.692. The van der Waals surface area contributed by atoms with Gasteiger partial charge in [0.15, 0.2) is 0 Å². The van der Waals surface area contributed by atoms with Crippen molar-refractivity contribution in [3.05, 3.63) is 12.4 Å². The SMILES string of the molecule is CC(C)N(C)c1cc(N2CCC(O)CC2)ncn1. The Morgan fingerprint density at radius 2 is 2.00 bits per heavy atom. The second-order valence-corrected chi connectivity index (χ2v) is 5.16. The summed E-state index contributed by atoms with van der Waals surface area (Å²) in [6.07, 6.45) is 3.11. The van der Waals surface area contributed by atoms with E-state index in [0.717, 1.165) is 37.6 Å². The molecule has 0 aromatic carbocycles. The third-order valence-corrected chi connectivity index (χ3v) is 3.56. The predicted molar refractivity (Wildman–Crippen MR) is 73.0 cm³/mol. The molecule has 0 unspecified atom stereocenters. The Hall–Kier alpha value is -1.36. The summed E-state index contributed by atoms with van der Waals surface area (Å²) >= 11 is 0. The Morgan fingerprint density at radius 1 is 1.33 bits per heavy atom. The highest BCUT2D eigenvalue weighted by atomic mass is 16.3. The fourth-order valence-corrected chi connectivity index (χ4v) is 2.06. The first-order valence-corrected chi connectivity index (χ1v) is 6.56. The molecule has 18 heavy (non-hydrogen) atoms. The summed E-state index contributed by atoms with van der Waals surface area (Å²) in [4.78, 5) is 13.0. The largest absolute Gasteiger partial charge is 0.393 e. The summed E-state index contributed by atoms with van der Waals surface area (Å²) in [5.41, 5.74) is 0. The predicted octanol–water partition coefficient (Wildman–Crippen LogP) is 1.28. The Balaban J connectivity index is 2.12. The van der Waals surface area contributed by atoms with Gasteiger partial charge >= 0.3 is 0 Å². The number of hydrogen-bond acceptors (Lipinski definition) is 5. The van der Waals surface area contributed by atoms with Gasteiger partial charge in [-0.05, 0) is 26.7 Å². The smallest absolute Gasteiger partial charge is 0.134 e. The molecule has 2 rings (SSSR count). The molecule has 0 bridgehead atoms. The van der Waals surface area contributed by atoms with Gasteiger partial charge in [-0.15, -0.1) is 0 Å². The average molecular weight is 250 g/mol. The first-order valence-electron chi connectivity index (χ1n) is 6.56. The van der Waals surface area contributed by atoms with Gasteiger partial charge in [-0.1, -0.05) is 0 Å². The van der Waals surface area contributed by atoms with Crippen molar-refractivity contribution in [3.63, 3.8) is 0 Å². The minimum absolute atomic E-state index is 0.152. The van der Waals surface area contributed by atoms with Gasteiger partial charge < -0.3 is 14.9 Å². The van der Waals surface area contributed by atoms with Crippen LogP contribution in [0.25, 0.3) is 0 Å². The maximum Gasteiger partial charge on any atom is 0.134 e. The Kier molecular flexibility index (Phi) is 4.01. The van der Waals surface area contributed by atoms with Gasteiger partial charge in [-0.25, -0.2) is 9.97 Å². The number of rotatable bonds is 3. The first kappa shape index (κ1) is 13.1. The van der Waals surface area contributed by atoms with E-state index in [2.05, 4.69) is 33.6 Å². The van der Waals surface area contributed by atoms with E-state index in [1.54, 1.807) is 6.33 Å². The molecule has 5 heteroatoms. The van der Waals surface area contributed by atoms with Crippen LogP contribution in [-0.2, 0) is 0 Å². The molecule has 1 aromatic rings. The standard InChI is InChI=1S/C13H22N4O/c1-10(2)16(3)12-8-13(15-9-14-12)17-6-4-11(18)5-7-17/h8-11,18H,4-7H2,1-3H3. The number of piperidine rings is 1. The van der Waals surface area contributed by atoms with E-state index in [1.165, 1.54) is 0 Å². The molecule has 1 saturated heterocycles. The molecular weight excluding hydrogens is 228 g/mol. The van der Waals surface area contributed by atoms with E-state index < -0.39 is 0 Å². The van der Waals surface area contributed by atoms with Crippen LogP contribution in [0.2, 0.25) is 0 Å². The fourth-order valence-electron chi connectivity index (χ4n) is 2.06. The molecule has 2 heterocycles. The number of aromatic nitrogens is 2. The molecule has 5 nitrogen and oxygen atoms in total. The van der Waals surface area contributed by atoms with Crippen LogP contribution in [0.15, 0.2) is 12.4 Å². The molecule has 1 fully saturated rings. The topological polar surface area (TPSA) is 52.5 Å². The molecule has 0 atom stereocenters. The van der Waals surface area contributed by atoms with Gasteiger partial charge in [0.2, 0.25) is 0 Å². The van der Waals surface area contributed by atoms with Crippen LogP contribution in [0.4, 0.5) is 11.6 Å². The molecule has 1 aliphatic rings. The molecule has 0 amide bonds. The van der Waals surface area contributed by atoms with Gasteiger partial charge in [0.05, 0.1) is 6.10 Å². The lowest BCUT2D eigenvalue weighted by molar-refractivity contribution is 0.145. The summed E-state index contributed by atoms with van der Waals surface area (Å²) < 4.78 is 0. The maximum atomic E-state index is 9.52. The van der Waals surface area contributed by atoms with E-state index in [0.29, 0.717) is 6.04 Å². The van der Waals surface area contributed by atoms with Crippen LogP contribution < -0.4 is 9.80 Å². The Labute approximate surface area is 108 Å². The summed E-state index contributed by atoms with van der Waals surface area (Å²) in [6.45, 7) is 6.00. The van der Waals surface area contributed by atoms with E-state index in [-0.39, 0.29) is 6.10 Å². The molecule has 100 valence electrons. The molecule has 1 aromatic heterocycles. The monoisotopic (exact) mass is 250 g/mol. The highest BCUT2D eigenvalue weighted by Gasteiger charge is 2.19. The first-order chi connectivity index (χ1) is 8.58. The summed E-state index contributed by atoms with van der Waals surface area (Å²) in [5, 5.41) is 9.52. The normalized spacial score (nSPS) is 17.3. The van der Waals surface area contributed by atoms with Gasteiger partial charge in [-0.3, -0.25) is 0 Å². The zero-order valence-electron chi connectivity index (χ0n) is 11.4. The highest BCUT2D eigenvalue weighted by Crippen LogP contribution is 2.21. The minimum Gasteiger partial charge on any atom is -0.393 e. The van der Waals surface area contributed by atoms with Gasteiger partial charge in [0.1, 0.15) is 18.0 Å². The van der Waals surface area contributed by atoms with Crippen LogP contribution in [-0.4, -0.2) is 47.4 Å². The third-order valence-electron chi connectivity index (χ3n) is 3.56. The minimum atomic E-state index is -0.152. The van der Waals surface area contributed by atoms with Crippen LogP contribution in [0.1, 0.15) is 26.7 Å². The lowest BCUT2D eigenvalue weighted by Crippen LogP contribution is -2.36. The number of anilines is 2. The summed E-state index contributed by atoms with van der Waals surface area (Å²) in [5.74, 6) is 1.90. The number of aliphatic hydroxyl groups excluding tert-OH is 1. The molecule has 1 aliphatic heterocycles. The van der Waals surface area contributed by atoms with E-state index in [9.17, 15) is 5.11 Å². The van der Waals surface area contributed by atoms with Crippen molar-refractivity contribution in [3.8, 4) is 0 Å². The summed E-state index contributed by atoms with van der Waals surface area (Å²) in [7, 11) is 2.04. The van der Waals surface area contributed by atoms with Crippen molar-refractivity contribution in [2.45, 2.75) is 38.8 Å². The Morgan fingerprint density at radius 3 is 2.61 bits per heavy atom. The molecule has 0 saturated carbocycles. The molecular formula is C13H22N4O. The number of aliphatic hydroxyl groups is 1. The lowest BCUT2D eigenvalue weighted by Gasteiger charge is -2.31. The zero-order chi connectivity index (χ0) is 13.1. The van der Waals surface area contributed by atoms with Crippen molar-refractivity contribution in [1.29, 1.82) is 0 Å². The van der Waals surface area contributed by atoms with Crippen LogP contribution in [0, 0.1) is 0 Å². The summed E-state index contributed by atoms with van der Waals surface area (Å²) in [6, 6.07) is 2.44. The van der Waals surface area contributed by atoms with E-state index >= 15 is 0 Å². The average Bonchev–Trinajstić information content (AvgIpc) is 2.38. The van der Waals surface area contributed by atoms with Crippen molar-refractivity contribution >= 4 is 11.6 Å². The highest BCUT2D eigenvalue weighted by molar-refractivity contribution is 5.50. The second-order valence-electron chi connectivity index (χ2n) is 5.16. The Bertz CT molecular complexity index is 388. The van der Waals surface area contributed by atoms with Crippen molar-refractivity contribution in [2.75, 3.05) is 29.9 Å². The van der Waals surface area contributed by atoms with Crippen molar-refractivity contribution in [1.82, 2.24) is 9.97 Å². The van der Waals surface area contributed by atoms with Gasteiger partial charge in [-0.2, -0.15) is 0 Å². The van der Waals surface area contributed by atoms with E-state index in [4.69, 9.17) is 0 Å². The number of hydrogen-bond donors (Lipinski definition) is 1. The third kappa shape index (κ3) is 2.90. The molecule has 0 spiro atoms. The number of nitrogens with zero attached hydrogens (tertiary/aromatic N) is 4. The molecule has 0 aliphatic carbocycles. The quantitative estimate of drug-likeness (QED) is 0.876. The second kappa shape index (κ2) is 5.52. The van der Waals surface area contributed by atoms with Crippen LogP contribution in [0.3, 0.4) is 0 Å². The zero-order valence-corrected chi connectivity index (χ0v) is 11.4. The van der Waals surface area contributed by atoms with Crippen LogP contribution in [0.5, 0.6) is 0 Å².